The molecule has 0 saturated carbocycles. The lowest BCUT2D eigenvalue weighted by atomic mass is 10.0. The molecule has 1 aromatic heterocycles. The number of aromatic nitrogens is 1. The van der Waals surface area contributed by atoms with E-state index in [4.69, 9.17) is 4.74 Å². The normalized spacial score (nSPS) is 11.3. The number of nitrogens with zero attached hydrogens (tertiary/aromatic N) is 1. The summed E-state index contributed by atoms with van der Waals surface area (Å²) in [6.45, 7) is 4.26. The van der Waals surface area contributed by atoms with E-state index >= 15 is 0 Å². The fourth-order valence-electron chi connectivity index (χ4n) is 4.82. The van der Waals surface area contributed by atoms with E-state index in [1.807, 2.05) is 6.07 Å². The molecule has 8 heteroatoms. The van der Waals surface area contributed by atoms with Crippen molar-refractivity contribution >= 4 is 70.5 Å². The molecule has 0 aliphatic rings. The Labute approximate surface area is 248 Å². The molecular weight excluding hydrogens is 664 g/mol. The van der Waals surface area contributed by atoms with Gasteiger partial charge >= 0.3 is 0 Å². The van der Waals surface area contributed by atoms with Crippen LogP contribution in [0.4, 0.5) is 0 Å². The van der Waals surface area contributed by atoms with Crippen LogP contribution in [0, 0.1) is 0 Å². The highest BCUT2D eigenvalue weighted by molar-refractivity contribution is 9.11. The van der Waals surface area contributed by atoms with Crippen molar-refractivity contribution in [3.8, 4) is 5.75 Å². The molecule has 0 aliphatic carbocycles. The lowest BCUT2D eigenvalue weighted by Crippen LogP contribution is -2.22. The van der Waals surface area contributed by atoms with Crippen molar-refractivity contribution in [2.75, 3.05) is 13.7 Å². The summed E-state index contributed by atoms with van der Waals surface area (Å²) in [6, 6.07) is 1.94. The molecule has 37 heavy (non-hydrogen) atoms. The van der Waals surface area contributed by atoms with E-state index in [1.54, 1.807) is 11.7 Å². The van der Waals surface area contributed by atoms with Crippen LogP contribution in [0.1, 0.15) is 114 Å². The van der Waals surface area contributed by atoms with Crippen molar-refractivity contribution < 1.29 is 14.3 Å². The van der Waals surface area contributed by atoms with Crippen LogP contribution < -0.4 is 10.1 Å². The van der Waals surface area contributed by atoms with E-state index in [1.165, 1.54) is 77.6 Å². The highest BCUT2D eigenvalue weighted by Gasteiger charge is 2.24. The molecular formula is C29H43Br3N2O3. The fourth-order valence-corrected chi connectivity index (χ4v) is 7.27. The summed E-state index contributed by atoms with van der Waals surface area (Å²) in [6.07, 6.45) is 17.8. The van der Waals surface area contributed by atoms with Gasteiger partial charge in [0.15, 0.2) is 0 Å². The molecule has 0 saturated heterocycles. The molecule has 0 radical (unpaired) electrons. The van der Waals surface area contributed by atoms with Crippen molar-refractivity contribution in [2.24, 2.45) is 0 Å². The van der Waals surface area contributed by atoms with Gasteiger partial charge in [-0.15, -0.1) is 0 Å². The Morgan fingerprint density at radius 2 is 1.43 bits per heavy atom. The number of unbranched alkanes of at least 4 members (excludes halogenated alkanes) is 12. The minimum atomic E-state index is -0.0715. The van der Waals surface area contributed by atoms with Crippen LogP contribution in [0.25, 0.3) is 10.9 Å². The van der Waals surface area contributed by atoms with Gasteiger partial charge in [0.25, 0.3) is 0 Å². The first-order valence-electron chi connectivity index (χ1n) is 13.9. The standard InChI is InChI=1S/C29H43Br3N2O3/c1-4-5-6-7-8-9-10-11-12-13-14-15-16-17-25(36)34-24-20-23(30)28(37-3)27(31)26(24)22(29(34)32)18-19-33-21(2)35/h20H,4-19H2,1-3H3,(H,33,35). The summed E-state index contributed by atoms with van der Waals surface area (Å²) in [5.41, 5.74) is 1.80. The first-order chi connectivity index (χ1) is 17.8. The molecule has 2 aromatic rings. The summed E-state index contributed by atoms with van der Waals surface area (Å²) in [7, 11) is 1.62. The van der Waals surface area contributed by atoms with Crippen LogP contribution >= 0.6 is 47.8 Å². The maximum absolute atomic E-state index is 13.4. The third kappa shape index (κ3) is 9.99. The predicted octanol–water partition coefficient (Wildman–Crippen LogP) is 9.74. The minimum absolute atomic E-state index is 0.0715. The molecule has 0 unspecified atom stereocenters. The zero-order chi connectivity index (χ0) is 27.2. The second kappa shape index (κ2) is 17.7. The number of halogens is 3. The van der Waals surface area contributed by atoms with Gasteiger partial charge in [-0.25, -0.2) is 0 Å². The third-order valence-corrected chi connectivity index (χ3v) is 9.02. The van der Waals surface area contributed by atoms with Gasteiger partial charge in [-0.2, -0.15) is 0 Å². The Bertz CT molecular complexity index is 1020. The summed E-state index contributed by atoms with van der Waals surface area (Å²) >= 11 is 11.0. The Hall–Kier alpha value is -0.860. The monoisotopic (exact) mass is 704 g/mol. The van der Waals surface area contributed by atoms with E-state index < -0.39 is 0 Å². The second-order valence-electron chi connectivity index (χ2n) is 9.82. The second-order valence-corrected chi connectivity index (χ2v) is 12.2. The van der Waals surface area contributed by atoms with Gasteiger partial charge in [0.2, 0.25) is 11.8 Å². The average molecular weight is 707 g/mol. The van der Waals surface area contributed by atoms with Gasteiger partial charge in [-0.05, 0) is 72.3 Å². The maximum Gasteiger partial charge on any atom is 0.231 e. The van der Waals surface area contributed by atoms with Gasteiger partial charge in [0.1, 0.15) is 5.75 Å². The molecule has 0 fully saturated rings. The molecule has 2 rings (SSSR count). The Kier molecular flexibility index (Phi) is 15.5. The van der Waals surface area contributed by atoms with Gasteiger partial charge in [0, 0.05) is 25.3 Å². The molecule has 5 nitrogen and oxygen atoms in total. The van der Waals surface area contributed by atoms with Gasteiger partial charge in [-0.1, -0.05) is 84.0 Å². The van der Waals surface area contributed by atoms with Crippen LogP contribution in [0.15, 0.2) is 19.6 Å². The number of fused-ring (bicyclic) bond motifs is 1. The van der Waals surface area contributed by atoms with Gasteiger partial charge < -0.3 is 10.1 Å². The number of benzene rings is 1. The van der Waals surface area contributed by atoms with E-state index in [-0.39, 0.29) is 11.8 Å². The van der Waals surface area contributed by atoms with Crippen LogP contribution in [0.3, 0.4) is 0 Å². The third-order valence-electron chi connectivity index (χ3n) is 6.84. The number of carbonyl (C=O) groups is 2. The van der Waals surface area contributed by atoms with Crippen molar-refractivity contribution in [3.63, 3.8) is 0 Å². The van der Waals surface area contributed by atoms with Crippen molar-refractivity contribution in [2.45, 2.75) is 110 Å². The summed E-state index contributed by atoms with van der Waals surface area (Å²) in [5, 5.41) is 3.78. The zero-order valence-corrected chi connectivity index (χ0v) is 27.5. The molecule has 0 atom stereocenters. The van der Waals surface area contributed by atoms with Crippen LogP contribution in [-0.2, 0) is 11.2 Å². The lowest BCUT2D eigenvalue weighted by Gasteiger charge is -2.10. The zero-order valence-electron chi connectivity index (χ0n) is 22.7. The van der Waals surface area contributed by atoms with Gasteiger partial charge in [0.05, 0.1) is 26.2 Å². The largest absolute Gasteiger partial charge is 0.494 e. The number of rotatable bonds is 18. The smallest absolute Gasteiger partial charge is 0.231 e. The number of carbonyl (C=O) groups excluding carboxylic acids is 2. The molecule has 208 valence electrons. The summed E-state index contributed by atoms with van der Waals surface area (Å²) in [5.74, 6) is 0.689. The Balaban J connectivity index is 1.91. The highest BCUT2D eigenvalue weighted by Crippen LogP contribution is 2.44. The van der Waals surface area contributed by atoms with E-state index in [0.29, 0.717) is 25.1 Å². The molecule has 0 aliphatic heterocycles. The summed E-state index contributed by atoms with van der Waals surface area (Å²) in [4.78, 5) is 24.7. The molecule has 1 heterocycles. The van der Waals surface area contributed by atoms with E-state index in [0.717, 1.165) is 42.9 Å². The topological polar surface area (TPSA) is 60.3 Å². The van der Waals surface area contributed by atoms with Crippen molar-refractivity contribution in [3.05, 3.63) is 25.2 Å². The molecule has 1 aromatic carbocycles. The number of hydrogen-bond acceptors (Lipinski definition) is 3. The number of ether oxygens (including phenoxy) is 1. The predicted molar refractivity (Wildman–Crippen MR) is 165 cm³/mol. The fraction of sp³-hybridized carbons (Fsp3) is 0.655. The van der Waals surface area contributed by atoms with Crippen LogP contribution in [-0.4, -0.2) is 30.0 Å². The lowest BCUT2D eigenvalue weighted by molar-refractivity contribution is -0.118. The van der Waals surface area contributed by atoms with Crippen LogP contribution in [0.5, 0.6) is 5.75 Å². The van der Waals surface area contributed by atoms with E-state index in [9.17, 15) is 9.59 Å². The molecule has 1 amide bonds. The molecule has 0 spiro atoms. The average Bonchev–Trinajstić information content (AvgIpc) is 3.13. The maximum atomic E-state index is 13.4. The van der Waals surface area contributed by atoms with Crippen molar-refractivity contribution in [1.29, 1.82) is 0 Å². The minimum Gasteiger partial charge on any atom is -0.494 e. The van der Waals surface area contributed by atoms with Crippen molar-refractivity contribution in [1.82, 2.24) is 9.88 Å². The van der Waals surface area contributed by atoms with Gasteiger partial charge in [-0.3, -0.25) is 14.2 Å². The number of amides is 1. The molecule has 1 N–H and O–H groups in total. The molecule has 0 bridgehead atoms. The quantitative estimate of drug-likeness (QED) is 0.157. The summed E-state index contributed by atoms with van der Waals surface area (Å²) < 4.78 is 9.66. The Morgan fingerprint density at radius 3 is 1.95 bits per heavy atom. The highest BCUT2D eigenvalue weighted by atomic mass is 79.9. The first-order valence-corrected chi connectivity index (χ1v) is 16.2. The number of nitrogens with one attached hydrogen (secondary N) is 1. The van der Waals surface area contributed by atoms with Crippen LogP contribution in [0.2, 0.25) is 0 Å². The number of hydrogen-bond donors (Lipinski definition) is 1. The van der Waals surface area contributed by atoms with E-state index in [2.05, 4.69) is 60.0 Å². The number of methoxy groups -OCH3 is 1. The first kappa shape index (κ1) is 32.4. The Morgan fingerprint density at radius 1 is 0.892 bits per heavy atom. The SMILES string of the molecule is CCCCCCCCCCCCCCCC(=O)n1c(Br)c(CCNC(C)=O)c2c(Br)c(OC)c(Br)cc21.